The summed E-state index contributed by atoms with van der Waals surface area (Å²) in [6.07, 6.45) is 1.87. The first-order chi connectivity index (χ1) is 11.0. The van der Waals surface area contributed by atoms with Crippen LogP contribution >= 0.6 is 0 Å². The van der Waals surface area contributed by atoms with Gasteiger partial charge in [0.1, 0.15) is 0 Å². The van der Waals surface area contributed by atoms with E-state index in [-0.39, 0.29) is 11.5 Å². The second kappa shape index (κ2) is 6.08. The third-order valence-electron chi connectivity index (χ3n) is 3.73. The second-order valence-electron chi connectivity index (χ2n) is 5.52. The van der Waals surface area contributed by atoms with Gasteiger partial charge in [0.15, 0.2) is 0 Å². The van der Waals surface area contributed by atoms with Crippen LogP contribution in [0.3, 0.4) is 0 Å². The summed E-state index contributed by atoms with van der Waals surface area (Å²) in [4.78, 5) is 27.0. The Morgan fingerprint density at radius 2 is 2.13 bits per heavy atom. The minimum absolute atomic E-state index is 0.254. The van der Waals surface area contributed by atoms with Crippen molar-refractivity contribution in [3.8, 4) is 0 Å². The molecule has 3 aromatic rings. The normalized spacial score (nSPS) is 10.9. The number of rotatable bonds is 4. The van der Waals surface area contributed by atoms with Crippen LogP contribution < -0.4 is 10.9 Å². The van der Waals surface area contributed by atoms with Crippen LogP contribution in [0.4, 0.5) is 0 Å². The molecule has 0 spiro atoms. The van der Waals surface area contributed by atoms with Gasteiger partial charge in [0.25, 0.3) is 5.91 Å². The third-order valence-corrected chi connectivity index (χ3v) is 3.73. The molecule has 0 radical (unpaired) electrons. The van der Waals surface area contributed by atoms with Gasteiger partial charge in [-0.1, -0.05) is 18.2 Å². The van der Waals surface area contributed by atoms with E-state index in [9.17, 15) is 9.59 Å². The van der Waals surface area contributed by atoms with E-state index in [4.69, 9.17) is 0 Å². The number of amides is 1. The van der Waals surface area contributed by atoms with Crippen molar-refractivity contribution in [2.45, 2.75) is 20.4 Å². The van der Waals surface area contributed by atoms with Crippen molar-refractivity contribution in [3.63, 3.8) is 0 Å². The maximum absolute atomic E-state index is 12.4. The molecule has 0 aliphatic rings. The lowest BCUT2D eigenvalue weighted by Gasteiger charge is -2.09. The highest BCUT2D eigenvalue weighted by Gasteiger charge is 2.12. The molecule has 0 unspecified atom stereocenters. The molecule has 3 rings (SSSR count). The molecular weight excluding hydrogens is 292 g/mol. The summed E-state index contributed by atoms with van der Waals surface area (Å²) in [6.45, 7) is 4.85. The summed E-state index contributed by atoms with van der Waals surface area (Å²) < 4.78 is 1.77. The van der Waals surface area contributed by atoms with Crippen molar-refractivity contribution in [1.82, 2.24) is 20.1 Å². The lowest BCUT2D eigenvalue weighted by molar-refractivity contribution is 0.0953. The minimum Gasteiger partial charge on any atom is -0.350 e. The molecule has 2 aromatic heterocycles. The van der Waals surface area contributed by atoms with E-state index in [1.807, 2.05) is 44.3 Å². The fourth-order valence-electron chi connectivity index (χ4n) is 2.58. The number of benzene rings is 1. The number of para-hydroxylation sites is 1. The molecule has 6 heteroatoms. The number of nitrogens with one attached hydrogen (secondary N) is 2. The molecule has 2 heterocycles. The number of pyridine rings is 1. The quantitative estimate of drug-likeness (QED) is 0.771. The predicted octanol–water partition coefficient (Wildman–Crippen LogP) is 1.77. The number of hydrogen-bond acceptors (Lipinski definition) is 3. The second-order valence-corrected chi connectivity index (χ2v) is 5.52. The molecule has 0 saturated heterocycles. The third kappa shape index (κ3) is 3.15. The molecule has 0 aliphatic heterocycles. The maximum Gasteiger partial charge on any atom is 0.252 e. The van der Waals surface area contributed by atoms with Crippen molar-refractivity contribution < 1.29 is 4.79 Å². The number of aromatic nitrogens is 3. The average molecular weight is 310 g/mol. The molecule has 2 N–H and O–H groups in total. The van der Waals surface area contributed by atoms with Crippen molar-refractivity contribution >= 4 is 16.8 Å². The highest BCUT2D eigenvalue weighted by atomic mass is 16.2. The van der Waals surface area contributed by atoms with E-state index in [2.05, 4.69) is 15.4 Å². The first-order valence-electron chi connectivity index (χ1n) is 7.45. The summed E-state index contributed by atoms with van der Waals surface area (Å²) in [6, 6.07) is 8.87. The zero-order valence-electron chi connectivity index (χ0n) is 13.1. The fourth-order valence-corrected chi connectivity index (χ4v) is 2.58. The number of carbonyl (C=O) groups is 1. The van der Waals surface area contributed by atoms with Crippen LogP contribution in [0.25, 0.3) is 10.9 Å². The van der Waals surface area contributed by atoms with Crippen LogP contribution in [0, 0.1) is 13.8 Å². The van der Waals surface area contributed by atoms with Crippen LogP contribution in [0.2, 0.25) is 0 Å². The van der Waals surface area contributed by atoms with E-state index in [1.165, 1.54) is 6.07 Å². The van der Waals surface area contributed by atoms with Crippen LogP contribution in [-0.2, 0) is 6.54 Å². The predicted molar refractivity (Wildman–Crippen MR) is 88.6 cm³/mol. The number of H-pyrrole nitrogens is 1. The van der Waals surface area contributed by atoms with Gasteiger partial charge in [0.05, 0.1) is 23.3 Å². The summed E-state index contributed by atoms with van der Waals surface area (Å²) in [5.74, 6) is -0.254. The van der Waals surface area contributed by atoms with E-state index in [1.54, 1.807) is 4.68 Å². The van der Waals surface area contributed by atoms with Crippen LogP contribution in [0.5, 0.6) is 0 Å². The van der Waals surface area contributed by atoms with Crippen LogP contribution in [0.15, 0.2) is 41.3 Å². The maximum atomic E-state index is 12.4. The Kier molecular flexibility index (Phi) is 3.97. The zero-order valence-corrected chi connectivity index (χ0v) is 13.1. The van der Waals surface area contributed by atoms with Gasteiger partial charge < -0.3 is 10.3 Å². The minimum atomic E-state index is -0.278. The van der Waals surface area contributed by atoms with E-state index >= 15 is 0 Å². The average Bonchev–Trinajstić information content (AvgIpc) is 2.93. The summed E-state index contributed by atoms with van der Waals surface area (Å²) in [5, 5.41) is 7.86. The Morgan fingerprint density at radius 1 is 1.30 bits per heavy atom. The Hall–Kier alpha value is -2.89. The van der Waals surface area contributed by atoms with Gasteiger partial charge in [-0.15, -0.1) is 0 Å². The van der Waals surface area contributed by atoms with Crippen LogP contribution in [-0.4, -0.2) is 27.2 Å². The van der Waals surface area contributed by atoms with Crippen molar-refractivity contribution in [2.75, 3.05) is 6.54 Å². The van der Waals surface area contributed by atoms with Gasteiger partial charge in [0.2, 0.25) is 5.56 Å². The van der Waals surface area contributed by atoms with Gasteiger partial charge in [-0.25, -0.2) is 0 Å². The van der Waals surface area contributed by atoms with Crippen molar-refractivity contribution in [3.05, 3.63) is 63.7 Å². The monoisotopic (exact) mass is 310 g/mol. The molecule has 0 fully saturated rings. The van der Waals surface area contributed by atoms with Crippen molar-refractivity contribution in [2.24, 2.45) is 0 Å². The van der Waals surface area contributed by atoms with Gasteiger partial charge in [-0.3, -0.25) is 14.3 Å². The fraction of sp³-hybridized carbons (Fsp3) is 0.235. The van der Waals surface area contributed by atoms with E-state index in [0.29, 0.717) is 24.2 Å². The number of hydrogen-bond donors (Lipinski definition) is 2. The smallest absolute Gasteiger partial charge is 0.252 e. The topological polar surface area (TPSA) is 79.8 Å². The highest BCUT2D eigenvalue weighted by Crippen LogP contribution is 2.18. The Labute approximate surface area is 133 Å². The molecule has 1 amide bonds. The number of carbonyl (C=O) groups excluding carboxylic acids is 1. The molecule has 6 nitrogen and oxygen atoms in total. The molecule has 0 aliphatic carbocycles. The van der Waals surface area contributed by atoms with Gasteiger partial charge in [-0.2, -0.15) is 5.10 Å². The van der Waals surface area contributed by atoms with Crippen LogP contribution in [0.1, 0.15) is 21.6 Å². The first kappa shape index (κ1) is 15.0. The number of fused-ring (bicyclic) bond motifs is 1. The molecule has 0 saturated carbocycles. The Morgan fingerprint density at radius 3 is 2.87 bits per heavy atom. The van der Waals surface area contributed by atoms with Gasteiger partial charge >= 0.3 is 0 Å². The van der Waals surface area contributed by atoms with Crippen molar-refractivity contribution in [1.29, 1.82) is 0 Å². The first-order valence-corrected chi connectivity index (χ1v) is 7.45. The van der Waals surface area contributed by atoms with E-state index < -0.39 is 0 Å². The summed E-state index contributed by atoms with van der Waals surface area (Å²) in [5.41, 5.74) is 2.69. The standard InChI is InChI=1S/C17H18N4O2/c1-11-4-3-5-13-14(10-15(22)19-16(11)13)17(23)18-7-9-21-8-6-12(2)20-21/h3-6,8,10H,7,9H2,1-2H3,(H,18,23)(H,19,22). The summed E-state index contributed by atoms with van der Waals surface area (Å²) in [7, 11) is 0. The molecule has 0 bridgehead atoms. The van der Waals surface area contributed by atoms with E-state index in [0.717, 1.165) is 16.6 Å². The molecular formula is C17H18N4O2. The number of aryl methyl sites for hydroxylation is 2. The SMILES string of the molecule is Cc1ccn(CCNC(=O)c2cc(=O)[nH]c3c(C)cccc23)n1. The zero-order chi connectivity index (χ0) is 16.4. The highest BCUT2D eigenvalue weighted by molar-refractivity contribution is 6.06. The summed E-state index contributed by atoms with van der Waals surface area (Å²) >= 11 is 0. The Balaban J connectivity index is 1.80. The molecule has 118 valence electrons. The molecule has 0 atom stereocenters. The molecule has 23 heavy (non-hydrogen) atoms. The Bertz CT molecular complexity index is 924. The lowest BCUT2D eigenvalue weighted by Crippen LogP contribution is -2.28. The van der Waals surface area contributed by atoms with Gasteiger partial charge in [-0.05, 0) is 25.5 Å². The number of nitrogens with zero attached hydrogens (tertiary/aromatic N) is 2. The lowest BCUT2D eigenvalue weighted by atomic mass is 10.1. The largest absolute Gasteiger partial charge is 0.350 e. The van der Waals surface area contributed by atoms with Gasteiger partial charge in [0, 0.05) is 24.2 Å². The number of aromatic amines is 1. The molecule has 1 aromatic carbocycles.